The fourth-order valence-electron chi connectivity index (χ4n) is 3.78. The van der Waals surface area contributed by atoms with Crippen LogP contribution in [-0.4, -0.2) is 51.9 Å². The fraction of sp³-hybridized carbons (Fsp3) is 0.435. The van der Waals surface area contributed by atoms with Gasteiger partial charge in [-0.15, -0.1) is 0 Å². The lowest BCUT2D eigenvalue weighted by Crippen LogP contribution is -2.33. The third-order valence-electron chi connectivity index (χ3n) is 5.42. The van der Waals surface area contributed by atoms with Gasteiger partial charge in [0.05, 0.1) is 10.6 Å². The molecular weight excluding hydrogens is 398 g/mol. The molecule has 30 heavy (non-hydrogen) atoms. The Kier molecular flexibility index (Phi) is 7.87. The van der Waals surface area contributed by atoms with Crippen molar-refractivity contribution in [2.45, 2.75) is 37.5 Å². The summed E-state index contributed by atoms with van der Waals surface area (Å²) < 4.78 is 27.2. The molecule has 1 amide bonds. The average Bonchev–Trinajstić information content (AvgIpc) is 2.78. The van der Waals surface area contributed by atoms with Gasteiger partial charge in [0.2, 0.25) is 0 Å². The zero-order chi connectivity index (χ0) is 21.4. The number of sulfonamides is 1. The molecule has 0 atom stereocenters. The minimum absolute atomic E-state index is 0.130. The first-order valence-electron chi connectivity index (χ1n) is 10.7. The SMILES string of the molecule is CCN(c1ccc(C(=O)NCCCN2CCCCC2)cc1)S(=O)(=O)c1ccccc1. The van der Waals surface area contributed by atoms with E-state index in [-0.39, 0.29) is 10.8 Å². The van der Waals surface area contributed by atoms with Crippen LogP contribution in [0.15, 0.2) is 59.5 Å². The third-order valence-corrected chi connectivity index (χ3v) is 7.34. The minimum Gasteiger partial charge on any atom is -0.352 e. The maximum absolute atomic E-state index is 12.9. The van der Waals surface area contributed by atoms with Crippen LogP contribution in [0, 0.1) is 0 Å². The average molecular weight is 430 g/mol. The molecule has 0 unspecified atom stereocenters. The molecule has 0 radical (unpaired) electrons. The van der Waals surface area contributed by atoms with Crippen molar-refractivity contribution >= 4 is 21.6 Å². The van der Waals surface area contributed by atoms with E-state index in [0.717, 1.165) is 26.1 Å². The Labute approximate surface area is 179 Å². The van der Waals surface area contributed by atoms with Gasteiger partial charge in [0.1, 0.15) is 0 Å². The second-order valence-corrected chi connectivity index (χ2v) is 9.40. The van der Waals surface area contributed by atoms with Crippen molar-refractivity contribution in [2.24, 2.45) is 0 Å². The first-order valence-corrected chi connectivity index (χ1v) is 12.1. The molecule has 1 aliphatic heterocycles. The Bertz CT molecular complexity index is 908. The van der Waals surface area contributed by atoms with Crippen LogP contribution in [0.3, 0.4) is 0 Å². The Morgan fingerprint density at radius 3 is 2.30 bits per heavy atom. The van der Waals surface area contributed by atoms with Crippen LogP contribution in [0.25, 0.3) is 0 Å². The molecule has 0 aromatic heterocycles. The summed E-state index contributed by atoms with van der Waals surface area (Å²) in [5, 5.41) is 2.96. The topological polar surface area (TPSA) is 69.7 Å². The first kappa shape index (κ1) is 22.3. The molecule has 3 rings (SSSR count). The standard InChI is InChI=1S/C23H31N3O3S/c1-2-26(30(28,29)22-10-5-3-6-11-22)21-14-12-20(13-15-21)23(27)24-16-9-19-25-17-7-4-8-18-25/h3,5-6,10-15H,2,4,7-9,16-19H2,1H3,(H,24,27). The van der Waals surface area contributed by atoms with E-state index in [2.05, 4.69) is 10.2 Å². The summed E-state index contributed by atoms with van der Waals surface area (Å²) in [5.74, 6) is -0.130. The molecule has 1 saturated heterocycles. The maximum Gasteiger partial charge on any atom is 0.264 e. The fourth-order valence-corrected chi connectivity index (χ4v) is 5.27. The van der Waals surface area contributed by atoms with Crippen LogP contribution in [0.1, 0.15) is 43.0 Å². The molecule has 2 aromatic rings. The van der Waals surface area contributed by atoms with Gasteiger partial charge < -0.3 is 10.2 Å². The molecule has 0 saturated carbocycles. The highest BCUT2D eigenvalue weighted by atomic mass is 32.2. The summed E-state index contributed by atoms with van der Waals surface area (Å²) in [4.78, 5) is 15.1. The number of carbonyl (C=O) groups excluding carboxylic acids is 1. The van der Waals surface area contributed by atoms with Gasteiger partial charge in [-0.25, -0.2) is 8.42 Å². The highest BCUT2D eigenvalue weighted by Gasteiger charge is 2.23. The van der Waals surface area contributed by atoms with Gasteiger partial charge in [-0.1, -0.05) is 24.6 Å². The highest BCUT2D eigenvalue weighted by Crippen LogP contribution is 2.23. The van der Waals surface area contributed by atoms with Crippen LogP contribution >= 0.6 is 0 Å². The largest absolute Gasteiger partial charge is 0.352 e. The summed E-state index contributed by atoms with van der Waals surface area (Å²) >= 11 is 0. The third kappa shape index (κ3) is 5.61. The summed E-state index contributed by atoms with van der Waals surface area (Å²) in [7, 11) is -3.64. The summed E-state index contributed by atoms with van der Waals surface area (Å²) in [6, 6.07) is 15.1. The van der Waals surface area contributed by atoms with Gasteiger partial charge in [0.25, 0.3) is 15.9 Å². The summed E-state index contributed by atoms with van der Waals surface area (Å²) in [6.45, 7) is 6.08. The molecule has 2 aromatic carbocycles. The van der Waals surface area contributed by atoms with E-state index in [1.54, 1.807) is 61.5 Å². The molecule has 162 valence electrons. The lowest BCUT2D eigenvalue weighted by atomic mass is 10.1. The van der Waals surface area contributed by atoms with E-state index >= 15 is 0 Å². The molecule has 1 aliphatic rings. The van der Waals surface area contributed by atoms with Gasteiger partial charge >= 0.3 is 0 Å². The number of amides is 1. The van der Waals surface area contributed by atoms with Crippen molar-refractivity contribution in [3.05, 3.63) is 60.2 Å². The minimum atomic E-state index is -3.64. The Balaban J connectivity index is 1.57. The number of nitrogens with zero attached hydrogens (tertiary/aromatic N) is 2. The van der Waals surface area contributed by atoms with E-state index in [9.17, 15) is 13.2 Å². The van der Waals surface area contributed by atoms with Crippen LogP contribution < -0.4 is 9.62 Å². The number of anilines is 1. The van der Waals surface area contributed by atoms with E-state index in [1.165, 1.54) is 23.6 Å². The Morgan fingerprint density at radius 1 is 1.00 bits per heavy atom. The van der Waals surface area contributed by atoms with E-state index in [1.807, 2.05) is 0 Å². The number of nitrogens with one attached hydrogen (secondary N) is 1. The smallest absolute Gasteiger partial charge is 0.264 e. The number of hydrogen-bond donors (Lipinski definition) is 1. The normalized spacial score (nSPS) is 15.0. The number of carbonyl (C=O) groups is 1. The molecule has 7 heteroatoms. The van der Waals surface area contributed by atoms with E-state index in [4.69, 9.17) is 0 Å². The first-order chi connectivity index (χ1) is 14.5. The summed E-state index contributed by atoms with van der Waals surface area (Å²) in [6.07, 6.45) is 4.80. The van der Waals surface area contributed by atoms with Gasteiger partial charge in [-0.05, 0) is 82.2 Å². The van der Waals surface area contributed by atoms with Gasteiger partial charge in [-0.3, -0.25) is 9.10 Å². The Morgan fingerprint density at radius 2 is 1.67 bits per heavy atom. The van der Waals surface area contributed by atoms with Crippen LogP contribution in [0.2, 0.25) is 0 Å². The van der Waals surface area contributed by atoms with Gasteiger partial charge in [0.15, 0.2) is 0 Å². The predicted octanol–water partition coefficient (Wildman–Crippen LogP) is 3.51. The quantitative estimate of drug-likeness (QED) is 0.620. The Hall–Kier alpha value is -2.38. The number of hydrogen-bond acceptors (Lipinski definition) is 4. The van der Waals surface area contributed by atoms with E-state index in [0.29, 0.717) is 24.3 Å². The second kappa shape index (κ2) is 10.6. The molecule has 1 N–H and O–H groups in total. The number of likely N-dealkylation sites (tertiary alicyclic amines) is 1. The van der Waals surface area contributed by atoms with Crippen molar-refractivity contribution in [2.75, 3.05) is 37.0 Å². The highest BCUT2D eigenvalue weighted by molar-refractivity contribution is 7.92. The zero-order valence-corrected chi connectivity index (χ0v) is 18.4. The van der Waals surface area contributed by atoms with Crippen LogP contribution in [-0.2, 0) is 10.0 Å². The summed E-state index contributed by atoms with van der Waals surface area (Å²) in [5.41, 5.74) is 1.08. The number of rotatable bonds is 9. The van der Waals surface area contributed by atoms with Crippen molar-refractivity contribution in [3.8, 4) is 0 Å². The molecule has 0 spiro atoms. The van der Waals surface area contributed by atoms with Crippen LogP contribution in [0.4, 0.5) is 5.69 Å². The number of benzene rings is 2. The number of piperidine rings is 1. The van der Waals surface area contributed by atoms with E-state index < -0.39 is 10.0 Å². The molecule has 1 fully saturated rings. The molecule has 1 heterocycles. The van der Waals surface area contributed by atoms with Crippen molar-refractivity contribution in [1.29, 1.82) is 0 Å². The maximum atomic E-state index is 12.9. The van der Waals surface area contributed by atoms with Crippen molar-refractivity contribution in [1.82, 2.24) is 10.2 Å². The van der Waals surface area contributed by atoms with Gasteiger partial charge in [-0.2, -0.15) is 0 Å². The lowest BCUT2D eigenvalue weighted by molar-refractivity contribution is 0.0951. The van der Waals surface area contributed by atoms with Crippen molar-refractivity contribution < 1.29 is 13.2 Å². The molecule has 6 nitrogen and oxygen atoms in total. The lowest BCUT2D eigenvalue weighted by Gasteiger charge is -2.26. The van der Waals surface area contributed by atoms with Crippen LogP contribution in [0.5, 0.6) is 0 Å². The monoisotopic (exact) mass is 429 g/mol. The molecular formula is C23H31N3O3S. The molecule has 0 aliphatic carbocycles. The molecule has 0 bridgehead atoms. The predicted molar refractivity (Wildman–Crippen MR) is 120 cm³/mol. The second-order valence-electron chi connectivity index (χ2n) is 7.54. The zero-order valence-electron chi connectivity index (χ0n) is 17.6. The van der Waals surface area contributed by atoms with Gasteiger partial charge in [0, 0.05) is 18.7 Å². The van der Waals surface area contributed by atoms with Crippen molar-refractivity contribution in [3.63, 3.8) is 0 Å².